The van der Waals surface area contributed by atoms with Gasteiger partial charge in [0, 0.05) is 21.5 Å². The monoisotopic (exact) mass is 549 g/mol. The van der Waals surface area contributed by atoms with Crippen LogP contribution >= 0.6 is 23.1 Å². The van der Waals surface area contributed by atoms with E-state index in [9.17, 15) is 9.59 Å². The van der Waals surface area contributed by atoms with E-state index < -0.39 is 0 Å². The van der Waals surface area contributed by atoms with Gasteiger partial charge in [-0.25, -0.2) is 4.98 Å². The van der Waals surface area contributed by atoms with Crippen LogP contribution in [0.1, 0.15) is 17.3 Å². The molecular formula is C28H27N3O5S2. The molecule has 3 aromatic carbocycles. The summed E-state index contributed by atoms with van der Waals surface area (Å²) in [7, 11) is 4.63. The Hall–Kier alpha value is -4.02. The fourth-order valence-corrected chi connectivity index (χ4v) is 5.17. The van der Waals surface area contributed by atoms with E-state index in [2.05, 4.69) is 15.6 Å². The summed E-state index contributed by atoms with van der Waals surface area (Å²) in [6, 6.07) is 20.0. The van der Waals surface area contributed by atoms with Gasteiger partial charge in [-0.3, -0.25) is 9.59 Å². The first-order valence-corrected chi connectivity index (χ1v) is 13.4. The lowest BCUT2D eigenvalue weighted by atomic mass is 10.1. The maximum absolute atomic E-state index is 12.9. The van der Waals surface area contributed by atoms with Gasteiger partial charge >= 0.3 is 0 Å². The molecule has 2 N–H and O–H groups in total. The molecule has 1 atom stereocenters. The van der Waals surface area contributed by atoms with Crippen LogP contribution in [0.4, 0.5) is 10.8 Å². The van der Waals surface area contributed by atoms with Gasteiger partial charge in [-0.2, -0.15) is 0 Å². The first kappa shape index (κ1) is 27.0. The van der Waals surface area contributed by atoms with E-state index in [0.717, 1.165) is 21.9 Å². The second kappa shape index (κ2) is 12.5. The molecule has 0 aliphatic rings. The average molecular weight is 550 g/mol. The van der Waals surface area contributed by atoms with E-state index in [4.69, 9.17) is 14.2 Å². The number of hydrogen-bond acceptors (Lipinski definition) is 8. The first-order valence-electron chi connectivity index (χ1n) is 11.6. The molecule has 0 radical (unpaired) electrons. The van der Waals surface area contributed by atoms with Gasteiger partial charge in [0.1, 0.15) is 22.8 Å². The molecule has 2 amide bonds. The summed E-state index contributed by atoms with van der Waals surface area (Å²) in [6.45, 7) is 1.83. The van der Waals surface area contributed by atoms with Crippen molar-refractivity contribution in [3.05, 3.63) is 77.7 Å². The predicted molar refractivity (Wildman–Crippen MR) is 152 cm³/mol. The second-order valence-electron chi connectivity index (χ2n) is 8.03. The molecule has 196 valence electrons. The molecule has 0 fully saturated rings. The topological polar surface area (TPSA) is 98.8 Å². The third-order valence-electron chi connectivity index (χ3n) is 5.57. The number of thioether (sulfide) groups is 1. The molecule has 0 aliphatic carbocycles. The SMILES string of the molecule is COc1ccc(-c2csc(NC(=O)C(C)Sc3ccc(NC(=O)c4c(OC)cccc4OC)cc3)n2)cc1. The van der Waals surface area contributed by atoms with Crippen molar-refractivity contribution in [3.63, 3.8) is 0 Å². The highest BCUT2D eigenvalue weighted by molar-refractivity contribution is 8.00. The first-order chi connectivity index (χ1) is 18.4. The molecule has 8 nitrogen and oxygen atoms in total. The van der Waals surface area contributed by atoms with Crippen molar-refractivity contribution in [2.45, 2.75) is 17.1 Å². The van der Waals surface area contributed by atoms with Crippen LogP contribution in [0.25, 0.3) is 11.3 Å². The number of ether oxygens (including phenoxy) is 3. The molecule has 0 aliphatic heterocycles. The number of carbonyl (C=O) groups is 2. The Morgan fingerprint density at radius 3 is 2.13 bits per heavy atom. The number of rotatable bonds is 10. The summed E-state index contributed by atoms with van der Waals surface area (Å²) in [5.41, 5.74) is 2.66. The van der Waals surface area contributed by atoms with E-state index in [1.165, 1.54) is 37.3 Å². The van der Waals surface area contributed by atoms with Crippen molar-refractivity contribution in [2.75, 3.05) is 32.0 Å². The van der Waals surface area contributed by atoms with Crippen LogP contribution in [0.2, 0.25) is 0 Å². The molecule has 1 heterocycles. The second-order valence-corrected chi connectivity index (χ2v) is 10.3. The fraction of sp³-hybridized carbons (Fsp3) is 0.179. The van der Waals surface area contributed by atoms with Crippen molar-refractivity contribution in [3.8, 4) is 28.5 Å². The van der Waals surface area contributed by atoms with Crippen LogP contribution < -0.4 is 24.8 Å². The zero-order chi connectivity index (χ0) is 27.1. The minimum absolute atomic E-state index is 0.147. The number of aromatic nitrogens is 1. The van der Waals surface area contributed by atoms with Gasteiger partial charge < -0.3 is 24.8 Å². The van der Waals surface area contributed by atoms with Crippen LogP contribution in [-0.2, 0) is 4.79 Å². The summed E-state index contributed by atoms with van der Waals surface area (Å²) in [6.07, 6.45) is 0. The lowest BCUT2D eigenvalue weighted by molar-refractivity contribution is -0.115. The standard InChI is InChI=1S/C28H27N3O5S2/c1-17(26(32)31-28-30-22(16-37-28)18-8-12-20(34-2)13-9-18)38-21-14-10-19(11-15-21)29-27(33)25-23(35-3)6-5-7-24(25)36-4/h5-17H,1-4H3,(H,29,33)(H,30,31,32). The minimum atomic E-state index is -0.360. The number of hydrogen-bond donors (Lipinski definition) is 2. The molecule has 1 unspecified atom stereocenters. The highest BCUT2D eigenvalue weighted by Gasteiger charge is 2.19. The fourth-order valence-electron chi connectivity index (χ4n) is 3.58. The lowest BCUT2D eigenvalue weighted by Crippen LogP contribution is -2.22. The summed E-state index contributed by atoms with van der Waals surface area (Å²) in [4.78, 5) is 31.1. The van der Waals surface area contributed by atoms with E-state index in [1.54, 1.807) is 37.4 Å². The van der Waals surface area contributed by atoms with Crippen molar-refractivity contribution in [1.82, 2.24) is 4.98 Å². The summed E-state index contributed by atoms with van der Waals surface area (Å²) >= 11 is 2.79. The average Bonchev–Trinajstić information content (AvgIpc) is 3.41. The largest absolute Gasteiger partial charge is 0.497 e. The zero-order valence-electron chi connectivity index (χ0n) is 21.3. The highest BCUT2D eigenvalue weighted by atomic mass is 32.2. The Morgan fingerprint density at radius 1 is 0.868 bits per heavy atom. The number of methoxy groups -OCH3 is 3. The lowest BCUT2D eigenvalue weighted by Gasteiger charge is -2.14. The van der Waals surface area contributed by atoms with Gasteiger partial charge in [0.15, 0.2) is 5.13 Å². The van der Waals surface area contributed by atoms with Crippen LogP contribution in [-0.4, -0.2) is 43.4 Å². The summed E-state index contributed by atoms with van der Waals surface area (Å²) in [5, 5.41) is 7.84. The number of nitrogens with zero attached hydrogens (tertiary/aromatic N) is 1. The van der Waals surface area contributed by atoms with Crippen molar-refractivity contribution in [1.29, 1.82) is 0 Å². The molecule has 0 saturated heterocycles. The van der Waals surface area contributed by atoms with Gasteiger partial charge in [-0.05, 0) is 67.6 Å². The van der Waals surface area contributed by atoms with Crippen LogP contribution in [0.15, 0.2) is 77.0 Å². The number of nitrogens with one attached hydrogen (secondary N) is 2. The normalized spacial score (nSPS) is 11.4. The maximum Gasteiger partial charge on any atom is 0.263 e. The number of anilines is 2. The number of carbonyl (C=O) groups excluding carboxylic acids is 2. The molecule has 10 heteroatoms. The van der Waals surface area contributed by atoms with E-state index in [1.807, 2.05) is 48.7 Å². The zero-order valence-corrected chi connectivity index (χ0v) is 22.9. The molecule has 4 aromatic rings. The molecule has 1 aromatic heterocycles. The molecule has 0 spiro atoms. The van der Waals surface area contributed by atoms with Gasteiger partial charge in [0.05, 0.1) is 32.3 Å². The summed E-state index contributed by atoms with van der Waals surface area (Å²) < 4.78 is 15.8. The Morgan fingerprint density at radius 2 is 1.53 bits per heavy atom. The Balaban J connectivity index is 1.34. The third kappa shape index (κ3) is 6.45. The van der Waals surface area contributed by atoms with Crippen LogP contribution in [0.5, 0.6) is 17.2 Å². The van der Waals surface area contributed by atoms with Gasteiger partial charge in [-0.15, -0.1) is 23.1 Å². The minimum Gasteiger partial charge on any atom is -0.497 e. The van der Waals surface area contributed by atoms with Crippen molar-refractivity contribution in [2.24, 2.45) is 0 Å². The molecular weight excluding hydrogens is 522 g/mol. The van der Waals surface area contributed by atoms with Crippen molar-refractivity contribution >= 4 is 45.7 Å². The number of thiazole rings is 1. The molecule has 4 rings (SSSR count). The molecule has 0 bridgehead atoms. The number of amides is 2. The quantitative estimate of drug-likeness (QED) is 0.227. The van der Waals surface area contributed by atoms with Gasteiger partial charge in [0.25, 0.3) is 5.91 Å². The molecule has 38 heavy (non-hydrogen) atoms. The van der Waals surface area contributed by atoms with Crippen LogP contribution in [0, 0.1) is 0 Å². The van der Waals surface area contributed by atoms with Gasteiger partial charge in [0.2, 0.25) is 5.91 Å². The Bertz CT molecular complexity index is 1380. The van der Waals surface area contributed by atoms with Crippen LogP contribution in [0.3, 0.4) is 0 Å². The molecule has 0 saturated carbocycles. The summed E-state index contributed by atoms with van der Waals surface area (Å²) in [5.74, 6) is 1.13. The predicted octanol–water partition coefficient (Wildman–Crippen LogP) is 6.21. The number of benzene rings is 3. The van der Waals surface area contributed by atoms with E-state index in [-0.39, 0.29) is 17.1 Å². The Kier molecular flexibility index (Phi) is 8.88. The van der Waals surface area contributed by atoms with Gasteiger partial charge in [-0.1, -0.05) is 6.07 Å². The highest BCUT2D eigenvalue weighted by Crippen LogP contribution is 2.31. The maximum atomic E-state index is 12.9. The van der Waals surface area contributed by atoms with E-state index >= 15 is 0 Å². The Labute approximate surface area is 229 Å². The smallest absolute Gasteiger partial charge is 0.263 e. The van der Waals surface area contributed by atoms with E-state index in [0.29, 0.717) is 27.9 Å². The third-order valence-corrected chi connectivity index (χ3v) is 7.44. The van der Waals surface area contributed by atoms with Crippen molar-refractivity contribution < 1.29 is 23.8 Å².